The second-order valence-corrected chi connectivity index (χ2v) is 5.02. The second kappa shape index (κ2) is 5.13. The standard InChI is InChI=1S/C16H16N2OS/c1-3-19-14-10-5-4-8-12(14)18-13-9-6-7-11(2)15(13)17-16(18)20/h4-10H,3H2,1-2H3,(H,17,20). The van der Waals surface area contributed by atoms with Crippen molar-refractivity contribution in [2.24, 2.45) is 0 Å². The third-order valence-electron chi connectivity index (χ3n) is 3.33. The van der Waals surface area contributed by atoms with Crippen molar-refractivity contribution in [2.45, 2.75) is 13.8 Å². The summed E-state index contributed by atoms with van der Waals surface area (Å²) in [6.45, 7) is 4.69. The Hall–Kier alpha value is -2.07. The monoisotopic (exact) mass is 284 g/mol. The number of H-pyrrole nitrogens is 1. The zero-order valence-electron chi connectivity index (χ0n) is 11.5. The molecule has 1 heterocycles. The van der Waals surface area contributed by atoms with Crippen LogP contribution in [0.5, 0.6) is 5.75 Å². The molecular formula is C16H16N2OS. The lowest BCUT2D eigenvalue weighted by Crippen LogP contribution is -2.00. The van der Waals surface area contributed by atoms with E-state index in [9.17, 15) is 0 Å². The fourth-order valence-corrected chi connectivity index (χ4v) is 2.73. The molecular weight excluding hydrogens is 268 g/mol. The zero-order valence-corrected chi connectivity index (χ0v) is 12.3. The number of benzene rings is 2. The smallest absolute Gasteiger partial charge is 0.182 e. The van der Waals surface area contributed by atoms with Crippen LogP contribution in [0.2, 0.25) is 0 Å². The van der Waals surface area contributed by atoms with Crippen LogP contribution in [-0.4, -0.2) is 16.2 Å². The molecule has 20 heavy (non-hydrogen) atoms. The van der Waals surface area contributed by atoms with Gasteiger partial charge in [0.2, 0.25) is 0 Å². The van der Waals surface area contributed by atoms with Gasteiger partial charge >= 0.3 is 0 Å². The van der Waals surface area contributed by atoms with Crippen molar-refractivity contribution in [1.82, 2.24) is 9.55 Å². The highest BCUT2D eigenvalue weighted by molar-refractivity contribution is 7.71. The fourth-order valence-electron chi connectivity index (χ4n) is 2.43. The number of hydrogen-bond donors (Lipinski definition) is 1. The lowest BCUT2D eigenvalue weighted by Gasteiger charge is -2.11. The highest BCUT2D eigenvalue weighted by Crippen LogP contribution is 2.28. The molecule has 0 aliphatic heterocycles. The first-order valence-electron chi connectivity index (χ1n) is 6.65. The topological polar surface area (TPSA) is 29.9 Å². The second-order valence-electron chi connectivity index (χ2n) is 4.64. The van der Waals surface area contributed by atoms with Crippen LogP contribution in [0, 0.1) is 11.7 Å². The number of nitrogens with zero attached hydrogens (tertiary/aromatic N) is 1. The largest absolute Gasteiger partial charge is 0.492 e. The van der Waals surface area contributed by atoms with E-state index in [0.29, 0.717) is 11.4 Å². The summed E-state index contributed by atoms with van der Waals surface area (Å²) >= 11 is 5.49. The van der Waals surface area contributed by atoms with Crippen molar-refractivity contribution in [1.29, 1.82) is 0 Å². The van der Waals surface area contributed by atoms with Crippen LogP contribution in [0.25, 0.3) is 16.7 Å². The summed E-state index contributed by atoms with van der Waals surface area (Å²) in [6.07, 6.45) is 0. The van der Waals surface area contributed by atoms with Crippen molar-refractivity contribution in [3.8, 4) is 11.4 Å². The van der Waals surface area contributed by atoms with Gasteiger partial charge in [-0.15, -0.1) is 0 Å². The Morgan fingerprint density at radius 1 is 1.15 bits per heavy atom. The van der Waals surface area contributed by atoms with Crippen LogP contribution < -0.4 is 4.74 Å². The number of aromatic nitrogens is 2. The average molecular weight is 284 g/mol. The molecule has 0 bridgehead atoms. The number of rotatable bonds is 3. The van der Waals surface area contributed by atoms with Gasteiger partial charge in [0.25, 0.3) is 0 Å². The molecule has 0 spiro atoms. The molecule has 3 nitrogen and oxygen atoms in total. The molecule has 3 rings (SSSR count). The van der Waals surface area contributed by atoms with Gasteiger partial charge in [-0.05, 0) is 49.8 Å². The first-order chi connectivity index (χ1) is 9.72. The third-order valence-corrected chi connectivity index (χ3v) is 3.62. The van der Waals surface area contributed by atoms with Crippen molar-refractivity contribution in [3.63, 3.8) is 0 Å². The average Bonchev–Trinajstić information content (AvgIpc) is 2.78. The molecule has 0 radical (unpaired) electrons. The Morgan fingerprint density at radius 3 is 2.75 bits per heavy atom. The molecule has 1 N–H and O–H groups in total. The summed E-state index contributed by atoms with van der Waals surface area (Å²) in [6, 6.07) is 14.1. The summed E-state index contributed by atoms with van der Waals surface area (Å²) in [5.41, 5.74) is 4.29. The molecule has 0 unspecified atom stereocenters. The maximum Gasteiger partial charge on any atom is 0.182 e. The molecule has 0 atom stereocenters. The highest BCUT2D eigenvalue weighted by Gasteiger charge is 2.11. The maximum absolute atomic E-state index is 5.71. The maximum atomic E-state index is 5.71. The van der Waals surface area contributed by atoms with Crippen LogP contribution in [0.15, 0.2) is 42.5 Å². The molecule has 0 aliphatic rings. The predicted molar refractivity (Wildman–Crippen MR) is 84.4 cm³/mol. The minimum absolute atomic E-state index is 0.631. The van der Waals surface area contributed by atoms with Gasteiger partial charge in [-0.3, -0.25) is 4.57 Å². The number of aryl methyl sites for hydroxylation is 1. The van der Waals surface area contributed by atoms with E-state index in [1.165, 1.54) is 5.56 Å². The molecule has 3 aromatic rings. The van der Waals surface area contributed by atoms with E-state index < -0.39 is 0 Å². The minimum atomic E-state index is 0.631. The van der Waals surface area contributed by atoms with Crippen LogP contribution in [0.1, 0.15) is 12.5 Å². The van der Waals surface area contributed by atoms with Crippen molar-refractivity contribution in [3.05, 3.63) is 52.8 Å². The van der Waals surface area contributed by atoms with Gasteiger partial charge in [0.05, 0.1) is 23.3 Å². The Bertz CT molecular complexity index is 817. The SMILES string of the molecule is CCOc1ccccc1-n1c(=S)[nH]c2c(C)cccc21. The number of ether oxygens (including phenoxy) is 1. The minimum Gasteiger partial charge on any atom is -0.492 e. The summed E-state index contributed by atoms with van der Waals surface area (Å²) in [7, 11) is 0. The number of hydrogen-bond acceptors (Lipinski definition) is 2. The van der Waals surface area contributed by atoms with E-state index in [0.717, 1.165) is 22.5 Å². The fraction of sp³-hybridized carbons (Fsp3) is 0.188. The summed E-state index contributed by atoms with van der Waals surface area (Å²) in [5.74, 6) is 0.841. The van der Waals surface area contributed by atoms with E-state index in [4.69, 9.17) is 17.0 Å². The molecule has 102 valence electrons. The van der Waals surface area contributed by atoms with Gasteiger partial charge in [-0.25, -0.2) is 0 Å². The number of aromatic amines is 1. The van der Waals surface area contributed by atoms with Gasteiger partial charge < -0.3 is 9.72 Å². The molecule has 1 aromatic heterocycles. The third kappa shape index (κ3) is 2.02. The van der Waals surface area contributed by atoms with E-state index in [1.54, 1.807) is 0 Å². The lowest BCUT2D eigenvalue weighted by molar-refractivity contribution is 0.339. The highest BCUT2D eigenvalue weighted by atomic mass is 32.1. The Kier molecular flexibility index (Phi) is 3.32. The van der Waals surface area contributed by atoms with E-state index in [1.807, 2.05) is 41.8 Å². The molecule has 0 fully saturated rings. The lowest BCUT2D eigenvalue weighted by atomic mass is 10.2. The van der Waals surface area contributed by atoms with E-state index in [-0.39, 0.29) is 0 Å². The summed E-state index contributed by atoms with van der Waals surface area (Å²) in [4.78, 5) is 3.29. The van der Waals surface area contributed by atoms with Crippen LogP contribution in [-0.2, 0) is 0 Å². The molecule has 0 saturated heterocycles. The van der Waals surface area contributed by atoms with Crippen LogP contribution >= 0.6 is 12.2 Å². The van der Waals surface area contributed by atoms with Gasteiger partial charge in [0, 0.05) is 0 Å². The zero-order chi connectivity index (χ0) is 14.1. The van der Waals surface area contributed by atoms with E-state index in [2.05, 4.69) is 24.0 Å². The van der Waals surface area contributed by atoms with Crippen LogP contribution in [0.3, 0.4) is 0 Å². The summed E-state index contributed by atoms with van der Waals surface area (Å²) in [5, 5.41) is 0. The first kappa shape index (κ1) is 12.9. The molecule has 0 saturated carbocycles. The van der Waals surface area contributed by atoms with Crippen molar-refractivity contribution in [2.75, 3.05) is 6.61 Å². The molecule has 0 aliphatic carbocycles. The number of imidazole rings is 1. The van der Waals surface area contributed by atoms with Crippen molar-refractivity contribution >= 4 is 23.3 Å². The van der Waals surface area contributed by atoms with Crippen LogP contribution in [0.4, 0.5) is 0 Å². The van der Waals surface area contributed by atoms with Gasteiger partial charge in [0.15, 0.2) is 4.77 Å². The number of nitrogens with one attached hydrogen (secondary N) is 1. The Labute approximate surface area is 122 Å². The molecule has 4 heteroatoms. The van der Waals surface area contributed by atoms with Crippen molar-refractivity contribution < 1.29 is 4.74 Å². The molecule has 2 aromatic carbocycles. The normalized spacial score (nSPS) is 10.9. The number of fused-ring (bicyclic) bond motifs is 1. The quantitative estimate of drug-likeness (QED) is 0.723. The summed E-state index contributed by atoms with van der Waals surface area (Å²) < 4.78 is 8.43. The Balaban J connectivity index is 2.33. The van der Waals surface area contributed by atoms with Gasteiger partial charge in [-0.2, -0.15) is 0 Å². The van der Waals surface area contributed by atoms with E-state index >= 15 is 0 Å². The Morgan fingerprint density at radius 2 is 1.95 bits per heavy atom. The first-order valence-corrected chi connectivity index (χ1v) is 7.05. The van der Waals surface area contributed by atoms with Gasteiger partial charge in [0.1, 0.15) is 5.75 Å². The van der Waals surface area contributed by atoms with Gasteiger partial charge in [-0.1, -0.05) is 24.3 Å². The number of para-hydroxylation sites is 3. The molecule has 0 amide bonds. The predicted octanol–water partition coefficient (Wildman–Crippen LogP) is 4.40.